The number of hydrogen-bond acceptors (Lipinski definition) is 5. The fourth-order valence-corrected chi connectivity index (χ4v) is 4.37. The minimum atomic E-state index is -4.81. The standard InChI is InChI=1S/C15H13F6N3O3S/c16-14(17,18)10-3-5-11(6-4-10)28(25,26)24-7-1-2-9(8-24)12-22-23-13(27-12)15(19,20)21/h3-6,9H,1-2,7-8H2. The van der Waals surface area contributed by atoms with Gasteiger partial charge in [0.2, 0.25) is 15.9 Å². The van der Waals surface area contributed by atoms with Crippen LogP contribution in [0.15, 0.2) is 33.6 Å². The number of halogens is 6. The molecule has 1 fully saturated rings. The molecule has 1 atom stereocenters. The molecule has 13 heteroatoms. The number of hydrogen-bond donors (Lipinski definition) is 0. The van der Waals surface area contributed by atoms with Gasteiger partial charge in [0.05, 0.1) is 16.4 Å². The third-order valence-electron chi connectivity index (χ3n) is 4.24. The maximum absolute atomic E-state index is 12.7. The maximum Gasteiger partial charge on any atom is 0.470 e. The molecule has 3 rings (SSSR count). The lowest BCUT2D eigenvalue weighted by atomic mass is 10.00. The van der Waals surface area contributed by atoms with E-state index in [-0.39, 0.29) is 23.9 Å². The van der Waals surface area contributed by atoms with Crippen molar-refractivity contribution in [1.82, 2.24) is 14.5 Å². The van der Waals surface area contributed by atoms with Crippen molar-refractivity contribution in [2.24, 2.45) is 0 Å². The Kier molecular flexibility index (Phi) is 5.17. The summed E-state index contributed by atoms with van der Waals surface area (Å²) in [6.45, 7) is -0.150. The van der Waals surface area contributed by atoms with E-state index < -0.39 is 39.7 Å². The Labute approximate surface area is 155 Å². The summed E-state index contributed by atoms with van der Waals surface area (Å²) in [5.74, 6) is -2.61. The van der Waals surface area contributed by atoms with Crippen LogP contribution in [0, 0.1) is 0 Å². The highest BCUT2D eigenvalue weighted by atomic mass is 32.2. The summed E-state index contributed by atoms with van der Waals surface area (Å²) in [7, 11) is -4.13. The summed E-state index contributed by atoms with van der Waals surface area (Å²) >= 11 is 0. The smallest absolute Gasteiger partial charge is 0.417 e. The van der Waals surface area contributed by atoms with Crippen molar-refractivity contribution in [2.75, 3.05) is 13.1 Å². The van der Waals surface area contributed by atoms with Crippen LogP contribution >= 0.6 is 0 Å². The van der Waals surface area contributed by atoms with E-state index in [0.29, 0.717) is 25.0 Å². The Hall–Kier alpha value is -2.15. The number of nitrogens with zero attached hydrogens (tertiary/aromatic N) is 3. The first-order chi connectivity index (χ1) is 12.9. The Morgan fingerprint density at radius 2 is 1.64 bits per heavy atom. The first-order valence-electron chi connectivity index (χ1n) is 7.97. The van der Waals surface area contributed by atoms with Gasteiger partial charge >= 0.3 is 18.2 Å². The molecule has 1 aromatic heterocycles. The average Bonchev–Trinajstić information content (AvgIpc) is 3.12. The zero-order chi connectivity index (χ0) is 20.7. The molecule has 0 N–H and O–H groups in total. The van der Waals surface area contributed by atoms with Crippen LogP contribution in [-0.4, -0.2) is 36.0 Å². The maximum atomic E-state index is 12.7. The van der Waals surface area contributed by atoms with E-state index in [0.717, 1.165) is 16.4 Å². The molecule has 154 valence electrons. The van der Waals surface area contributed by atoms with Gasteiger partial charge in [0, 0.05) is 13.1 Å². The van der Waals surface area contributed by atoms with Gasteiger partial charge < -0.3 is 4.42 Å². The van der Waals surface area contributed by atoms with Crippen LogP contribution in [0.1, 0.15) is 36.1 Å². The van der Waals surface area contributed by atoms with E-state index in [4.69, 9.17) is 0 Å². The molecule has 1 unspecified atom stereocenters. The van der Waals surface area contributed by atoms with Gasteiger partial charge in [-0.1, -0.05) is 0 Å². The second-order valence-corrected chi connectivity index (χ2v) is 8.11. The summed E-state index contributed by atoms with van der Waals surface area (Å²) in [5.41, 5.74) is -0.992. The molecule has 2 aromatic rings. The molecule has 2 heterocycles. The molecule has 1 aliphatic heterocycles. The molecule has 1 saturated heterocycles. The van der Waals surface area contributed by atoms with Gasteiger partial charge in [0.25, 0.3) is 0 Å². The molecule has 0 amide bonds. The Morgan fingerprint density at radius 3 is 2.18 bits per heavy atom. The number of sulfonamides is 1. The zero-order valence-electron chi connectivity index (χ0n) is 14.0. The van der Waals surface area contributed by atoms with E-state index in [1.165, 1.54) is 0 Å². The van der Waals surface area contributed by atoms with Gasteiger partial charge in [-0.2, -0.15) is 30.6 Å². The predicted octanol–water partition coefficient (Wildman–Crippen LogP) is 3.68. The minimum Gasteiger partial charge on any atom is -0.417 e. The molecule has 0 radical (unpaired) electrons. The molecule has 0 bridgehead atoms. The van der Waals surface area contributed by atoms with Crippen molar-refractivity contribution in [2.45, 2.75) is 36.0 Å². The van der Waals surface area contributed by atoms with E-state index in [2.05, 4.69) is 14.6 Å². The van der Waals surface area contributed by atoms with Crippen molar-refractivity contribution in [3.8, 4) is 0 Å². The highest BCUT2D eigenvalue weighted by Gasteiger charge is 2.40. The molecule has 0 aliphatic carbocycles. The molecule has 0 saturated carbocycles. The van der Waals surface area contributed by atoms with Crippen molar-refractivity contribution < 1.29 is 39.2 Å². The van der Waals surface area contributed by atoms with Crippen LogP contribution in [-0.2, 0) is 22.4 Å². The number of alkyl halides is 6. The Bertz CT molecular complexity index is 937. The lowest BCUT2D eigenvalue weighted by Crippen LogP contribution is -2.39. The summed E-state index contributed by atoms with van der Waals surface area (Å²) in [6, 6.07) is 3.00. The highest BCUT2D eigenvalue weighted by molar-refractivity contribution is 7.89. The van der Waals surface area contributed by atoms with E-state index in [1.807, 2.05) is 0 Å². The van der Waals surface area contributed by atoms with Crippen LogP contribution in [0.5, 0.6) is 0 Å². The van der Waals surface area contributed by atoms with Crippen molar-refractivity contribution in [1.29, 1.82) is 0 Å². The fourth-order valence-electron chi connectivity index (χ4n) is 2.84. The topological polar surface area (TPSA) is 76.3 Å². The van der Waals surface area contributed by atoms with Gasteiger partial charge in [-0.3, -0.25) is 0 Å². The van der Waals surface area contributed by atoms with Gasteiger partial charge in [0.1, 0.15) is 0 Å². The van der Waals surface area contributed by atoms with Crippen LogP contribution in [0.4, 0.5) is 26.3 Å². The summed E-state index contributed by atoms with van der Waals surface area (Å²) in [5, 5.41) is 6.28. The lowest BCUT2D eigenvalue weighted by molar-refractivity contribution is -0.157. The molecule has 1 aromatic carbocycles. The van der Waals surface area contributed by atoms with Gasteiger partial charge in [0.15, 0.2) is 0 Å². The molecular formula is C15H13F6N3O3S. The number of benzene rings is 1. The normalized spacial score (nSPS) is 19.7. The SMILES string of the molecule is O=S(=O)(c1ccc(C(F)(F)F)cc1)N1CCCC(c2nnc(C(F)(F)F)o2)C1. The van der Waals surface area contributed by atoms with E-state index >= 15 is 0 Å². The lowest BCUT2D eigenvalue weighted by Gasteiger charge is -2.30. The molecule has 28 heavy (non-hydrogen) atoms. The van der Waals surface area contributed by atoms with Gasteiger partial charge in [-0.15, -0.1) is 10.2 Å². The monoisotopic (exact) mass is 429 g/mol. The summed E-state index contributed by atoms with van der Waals surface area (Å²) in [4.78, 5) is -0.345. The van der Waals surface area contributed by atoms with Gasteiger partial charge in [-0.25, -0.2) is 8.42 Å². The first kappa shape index (κ1) is 20.6. The highest BCUT2D eigenvalue weighted by Crippen LogP contribution is 2.34. The van der Waals surface area contributed by atoms with E-state index in [1.54, 1.807) is 0 Å². The van der Waals surface area contributed by atoms with Crippen LogP contribution < -0.4 is 0 Å². The Morgan fingerprint density at radius 1 is 1.00 bits per heavy atom. The minimum absolute atomic E-state index is 0.0696. The van der Waals surface area contributed by atoms with Crippen molar-refractivity contribution in [3.05, 3.63) is 41.6 Å². The average molecular weight is 429 g/mol. The first-order valence-corrected chi connectivity index (χ1v) is 9.41. The fraction of sp³-hybridized carbons (Fsp3) is 0.467. The quantitative estimate of drug-likeness (QED) is 0.696. The van der Waals surface area contributed by atoms with E-state index in [9.17, 15) is 34.8 Å². The summed E-state index contributed by atoms with van der Waals surface area (Å²) in [6.07, 6.45) is -8.77. The predicted molar refractivity (Wildman–Crippen MR) is 81.5 cm³/mol. The number of rotatable bonds is 3. The zero-order valence-corrected chi connectivity index (χ0v) is 14.8. The molecule has 6 nitrogen and oxygen atoms in total. The van der Waals surface area contributed by atoms with Crippen LogP contribution in [0.2, 0.25) is 0 Å². The second kappa shape index (κ2) is 7.03. The molecule has 0 spiro atoms. The largest absolute Gasteiger partial charge is 0.470 e. The van der Waals surface area contributed by atoms with Gasteiger partial charge in [-0.05, 0) is 37.1 Å². The summed E-state index contributed by atoms with van der Waals surface area (Å²) < 4.78 is 107. The molecule has 1 aliphatic rings. The van der Waals surface area contributed by atoms with Crippen LogP contribution in [0.25, 0.3) is 0 Å². The molecular weight excluding hydrogens is 416 g/mol. The third-order valence-corrected chi connectivity index (χ3v) is 6.12. The van der Waals surface area contributed by atoms with Crippen molar-refractivity contribution >= 4 is 10.0 Å². The Balaban J connectivity index is 1.80. The number of piperidine rings is 1. The third kappa shape index (κ3) is 4.14. The van der Waals surface area contributed by atoms with Crippen LogP contribution in [0.3, 0.4) is 0 Å². The second-order valence-electron chi connectivity index (χ2n) is 6.17. The number of aromatic nitrogens is 2. The van der Waals surface area contributed by atoms with Crippen molar-refractivity contribution in [3.63, 3.8) is 0 Å².